The van der Waals surface area contributed by atoms with Gasteiger partial charge in [0.15, 0.2) is 11.5 Å². The van der Waals surface area contributed by atoms with Crippen LogP contribution >= 0.6 is 0 Å². The van der Waals surface area contributed by atoms with Crippen LogP contribution in [-0.2, 0) is 6.54 Å². The van der Waals surface area contributed by atoms with Crippen molar-refractivity contribution >= 4 is 0 Å². The molecule has 0 unspecified atom stereocenters. The Labute approximate surface area is 138 Å². The highest BCUT2D eigenvalue weighted by molar-refractivity contribution is 5.43. The van der Waals surface area contributed by atoms with E-state index in [1.807, 2.05) is 36.4 Å². The number of methoxy groups -OCH3 is 1. The zero-order valence-corrected chi connectivity index (χ0v) is 14.0. The molecule has 0 aromatic heterocycles. The van der Waals surface area contributed by atoms with E-state index >= 15 is 0 Å². The molecule has 0 radical (unpaired) electrons. The highest BCUT2D eigenvalue weighted by Crippen LogP contribution is 2.28. The van der Waals surface area contributed by atoms with Crippen LogP contribution in [0.15, 0.2) is 42.5 Å². The van der Waals surface area contributed by atoms with Gasteiger partial charge in [0, 0.05) is 6.54 Å². The van der Waals surface area contributed by atoms with Gasteiger partial charge < -0.3 is 19.9 Å². The second kappa shape index (κ2) is 8.44. The van der Waals surface area contributed by atoms with Crippen LogP contribution in [-0.4, -0.2) is 20.3 Å². The third kappa shape index (κ3) is 4.63. The molecule has 0 spiro atoms. The zero-order valence-electron chi connectivity index (χ0n) is 14.0. The first-order chi connectivity index (χ1) is 11.2. The molecule has 0 bridgehead atoms. The number of benzene rings is 2. The van der Waals surface area contributed by atoms with Crippen LogP contribution in [0.4, 0.5) is 0 Å². The number of hydrogen-bond acceptors (Lipinski definition) is 4. The van der Waals surface area contributed by atoms with Crippen molar-refractivity contribution in [2.75, 3.05) is 20.3 Å². The predicted octanol–water partition coefficient (Wildman–Crippen LogP) is 3.74. The fraction of sp³-hybridized carbons (Fsp3) is 0.368. The number of para-hydroxylation sites is 1. The summed E-state index contributed by atoms with van der Waals surface area (Å²) in [6.45, 7) is 5.72. The molecule has 4 nitrogen and oxygen atoms in total. The van der Waals surface area contributed by atoms with Gasteiger partial charge in [-0.25, -0.2) is 0 Å². The molecule has 0 amide bonds. The lowest BCUT2D eigenvalue weighted by Crippen LogP contribution is -2.11. The van der Waals surface area contributed by atoms with Crippen LogP contribution in [0, 0.1) is 0 Å². The quantitative estimate of drug-likeness (QED) is 0.754. The number of ether oxygens (including phenoxy) is 3. The van der Waals surface area contributed by atoms with E-state index in [0.717, 1.165) is 11.3 Å². The summed E-state index contributed by atoms with van der Waals surface area (Å²) in [6.07, 6.45) is 0. The summed E-state index contributed by atoms with van der Waals surface area (Å²) in [5.41, 5.74) is 7.85. The SMILES string of the molecule is COc1cc(CN)ccc1OCCOc1ccccc1C(C)C. The summed E-state index contributed by atoms with van der Waals surface area (Å²) < 4.78 is 16.9. The van der Waals surface area contributed by atoms with Crippen molar-refractivity contribution in [3.8, 4) is 17.2 Å². The van der Waals surface area contributed by atoms with E-state index in [0.29, 0.717) is 37.2 Å². The van der Waals surface area contributed by atoms with Crippen molar-refractivity contribution in [1.82, 2.24) is 0 Å². The van der Waals surface area contributed by atoms with Gasteiger partial charge in [0.05, 0.1) is 7.11 Å². The van der Waals surface area contributed by atoms with Gasteiger partial charge in [-0.2, -0.15) is 0 Å². The minimum atomic E-state index is 0.427. The molecular formula is C19H25NO3. The van der Waals surface area contributed by atoms with Gasteiger partial charge >= 0.3 is 0 Å². The summed E-state index contributed by atoms with van der Waals surface area (Å²) in [5, 5.41) is 0. The normalized spacial score (nSPS) is 10.7. The van der Waals surface area contributed by atoms with E-state index in [9.17, 15) is 0 Å². The maximum absolute atomic E-state index is 5.85. The van der Waals surface area contributed by atoms with Crippen molar-refractivity contribution in [2.24, 2.45) is 5.73 Å². The highest BCUT2D eigenvalue weighted by Gasteiger charge is 2.08. The molecule has 124 valence electrons. The van der Waals surface area contributed by atoms with Crippen LogP contribution in [0.3, 0.4) is 0 Å². The summed E-state index contributed by atoms with van der Waals surface area (Å²) in [6, 6.07) is 13.8. The Balaban J connectivity index is 1.91. The summed E-state index contributed by atoms with van der Waals surface area (Å²) in [7, 11) is 1.62. The van der Waals surface area contributed by atoms with Crippen molar-refractivity contribution in [1.29, 1.82) is 0 Å². The molecule has 0 heterocycles. The van der Waals surface area contributed by atoms with E-state index in [1.54, 1.807) is 7.11 Å². The molecule has 0 saturated heterocycles. The number of nitrogens with two attached hydrogens (primary N) is 1. The fourth-order valence-electron chi connectivity index (χ4n) is 2.35. The standard InChI is InChI=1S/C19H25NO3/c1-14(2)16-6-4-5-7-17(16)22-10-11-23-18-9-8-15(13-20)12-19(18)21-3/h4-9,12,14H,10-11,13,20H2,1-3H3. The monoisotopic (exact) mass is 315 g/mol. The molecule has 2 N–H and O–H groups in total. The lowest BCUT2D eigenvalue weighted by molar-refractivity contribution is 0.210. The van der Waals surface area contributed by atoms with Gasteiger partial charge in [0.1, 0.15) is 19.0 Å². The van der Waals surface area contributed by atoms with Crippen molar-refractivity contribution in [2.45, 2.75) is 26.3 Å². The molecule has 2 aromatic carbocycles. The van der Waals surface area contributed by atoms with Crippen LogP contribution in [0.5, 0.6) is 17.2 Å². The fourth-order valence-corrected chi connectivity index (χ4v) is 2.35. The van der Waals surface area contributed by atoms with Crippen molar-refractivity contribution < 1.29 is 14.2 Å². The average Bonchev–Trinajstić information content (AvgIpc) is 2.58. The van der Waals surface area contributed by atoms with Gasteiger partial charge in [-0.15, -0.1) is 0 Å². The van der Waals surface area contributed by atoms with E-state index in [2.05, 4.69) is 19.9 Å². The maximum Gasteiger partial charge on any atom is 0.161 e. The second-order valence-electron chi connectivity index (χ2n) is 5.58. The Bertz CT molecular complexity index is 626. The molecule has 23 heavy (non-hydrogen) atoms. The molecule has 4 heteroatoms. The molecule has 0 aliphatic heterocycles. The van der Waals surface area contributed by atoms with E-state index < -0.39 is 0 Å². The molecule has 0 aliphatic carbocycles. The molecule has 0 aliphatic rings. The van der Waals surface area contributed by atoms with Crippen molar-refractivity contribution in [3.05, 3.63) is 53.6 Å². The smallest absolute Gasteiger partial charge is 0.161 e. The van der Waals surface area contributed by atoms with Gasteiger partial charge in [0.25, 0.3) is 0 Å². The zero-order chi connectivity index (χ0) is 16.7. The lowest BCUT2D eigenvalue weighted by atomic mass is 10.0. The largest absolute Gasteiger partial charge is 0.493 e. The predicted molar refractivity (Wildman–Crippen MR) is 92.4 cm³/mol. The van der Waals surface area contributed by atoms with Gasteiger partial charge in [-0.3, -0.25) is 0 Å². The van der Waals surface area contributed by atoms with Crippen molar-refractivity contribution in [3.63, 3.8) is 0 Å². The van der Waals surface area contributed by atoms with Crippen LogP contribution < -0.4 is 19.9 Å². The first-order valence-electron chi connectivity index (χ1n) is 7.87. The maximum atomic E-state index is 5.85. The Morgan fingerprint density at radius 2 is 1.61 bits per heavy atom. The summed E-state index contributed by atoms with van der Waals surface area (Å²) in [5.74, 6) is 2.73. The van der Waals surface area contributed by atoms with Crippen LogP contribution in [0.25, 0.3) is 0 Å². The molecular weight excluding hydrogens is 290 g/mol. The van der Waals surface area contributed by atoms with Gasteiger partial charge in [0.2, 0.25) is 0 Å². The van der Waals surface area contributed by atoms with Crippen LogP contribution in [0.1, 0.15) is 30.9 Å². The topological polar surface area (TPSA) is 53.7 Å². The third-order valence-electron chi connectivity index (χ3n) is 3.60. The molecule has 0 saturated carbocycles. The Morgan fingerprint density at radius 1 is 0.913 bits per heavy atom. The van der Waals surface area contributed by atoms with E-state index in [-0.39, 0.29) is 0 Å². The van der Waals surface area contributed by atoms with Crippen LogP contribution in [0.2, 0.25) is 0 Å². The summed E-state index contributed by atoms with van der Waals surface area (Å²) >= 11 is 0. The highest BCUT2D eigenvalue weighted by atomic mass is 16.5. The summed E-state index contributed by atoms with van der Waals surface area (Å²) in [4.78, 5) is 0. The molecule has 2 aromatic rings. The lowest BCUT2D eigenvalue weighted by Gasteiger charge is -2.15. The van der Waals surface area contributed by atoms with E-state index in [4.69, 9.17) is 19.9 Å². The molecule has 0 fully saturated rings. The first-order valence-corrected chi connectivity index (χ1v) is 7.87. The molecule has 0 atom stereocenters. The molecule has 2 rings (SSSR count). The second-order valence-corrected chi connectivity index (χ2v) is 5.58. The Hall–Kier alpha value is -2.20. The average molecular weight is 315 g/mol. The first kappa shape index (κ1) is 17.2. The van der Waals surface area contributed by atoms with Gasteiger partial charge in [-0.1, -0.05) is 38.1 Å². The minimum Gasteiger partial charge on any atom is -0.493 e. The van der Waals surface area contributed by atoms with E-state index in [1.165, 1.54) is 5.56 Å². The minimum absolute atomic E-state index is 0.427. The van der Waals surface area contributed by atoms with Gasteiger partial charge in [-0.05, 0) is 35.2 Å². The third-order valence-corrected chi connectivity index (χ3v) is 3.60. The Kier molecular flexibility index (Phi) is 6.29. The number of rotatable bonds is 8. The Morgan fingerprint density at radius 3 is 2.26 bits per heavy atom. The number of hydrogen-bond donors (Lipinski definition) is 1.